The van der Waals surface area contributed by atoms with Gasteiger partial charge >= 0.3 is 0 Å². The Balaban J connectivity index is 0.000000280. The first kappa shape index (κ1) is 12.7. The number of carboxylic acids is 1. The van der Waals surface area contributed by atoms with Crippen molar-refractivity contribution in [3.63, 3.8) is 0 Å². The number of aliphatic hydroxyl groups is 1. The molecule has 6 heteroatoms. The van der Waals surface area contributed by atoms with Gasteiger partial charge in [0.25, 0.3) is 5.97 Å². The summed E-state index contributed by atoms with van der Waals surface area (Å²) in [5.74, 6) is 0.320. The Bertz CT molecular complexity index is 322. The summed E-state index contributed by atoms with van der Waals surface area (Å²) in [6, 6.07) is 3.46. The molecule has 0 radical (unpaired) electrons. The second-order valence-electron chi connectivity index (χ2n) is 3.05. The number of carbonyl (C=O) groups is 1. The lowest BCUT2D eigenvalue weighted by molar-refractivity contribution is -0.134. The maximum Gasteiger partial charge on any atom is 0.300 e. The molecule has 2 heterocycles. The summed E-state index contributed by atoms with van der Waals surface area (Å²) >= 11 is 0. The lowest BCUT2D eigenvalue weighted by Gasteiger charge is -2.03. The van der Waals surface area contributed by atoms with Gasteiger partial charge in [0.05, 0.1) is 13.2 Å². The lowest BCUT2D eigenvalue weighted by atomic mass is 10.4. The maximum atomic E-state index is 9.00. The molecule has 2 rings (SSSR count). The van der Waals surface area contributed by atoms with E-state index in [0.29, 0.717) is 24.7 Å². The van der Waals surface area contributed by atoms with E-state index in [4.69, 9.17) is 28.9 Å². The fraction of sp³-hybridized carbons (Fsp3) is 0.500. The van der Waals surface area contributed by atoms with E-state index in [2.05, 4.69) is 0 Å². The average Bonchev–Trinajstić information content (AvgIpc) is 2.87. The van der Waals surface area contributed by atoms with Gasteiger partial charge in [0, 0.05) is 6.92 Å². The number of furan rings is 1. The smallest absolute Gasteiger partial charge is 0.300 e. The molecule has 16 heavy (non-hydrogen) atoms. The lowest BCUT2D eigenvalue weighted by Crippen LogP contribution is -1.95. The first-order chi connectivity index (χ1) is 7.63. The van der Waals surface area contributed by atoms with Crippen LogP contribution < -0.4 is 0 Å². The zero-order valence-electron chi connectivity index (χ0n) is 8.88. The third kappa shape index (κ3) is 4.01. The van der Waals surface area contributed by atoms with E-state index in [1.165, 1.54) is 0 Å². The van der Waals surface area contributed by atoms with Crippen LogP contribution in [-0.4, -0.2) is 29.4 Å². The van der Waals surface area contributed by atoms with Gasteiger partial charge in [0.2, 0.25) is 6.29 Å². The number of aliphatic hydroxyl groups excluding tert-OH is 1. The number of rotatable bonds is 2. The Labute approximate surface area is 92.4 Å². The predicted octanol–water partition coefficient (Wildman–Crippen LogP) is 0.908. The van der Waals surface area contributed by atoms with Gasteiger partial charge in [-0.1, -0.05) is 0 Å². The Kier molecular flexibility index (Phi) is 4.97. The molecule has 0 bridgehead atoms. The minimum atomic E-state index is -0.833. The van der Waals surface area contributed by atoms with Crippen LogP contribution in [0.1, 0.15) is 24.7 Å². The van der Waals surface area contributed by atoms with E-state index in [1.807, 2.05) is 0 Å². The van der Waals surface area contributed by atoms with Crippen molar-refractivity contribution in [3.05, 3.63) is 23.7 Å². The van der Waals surface area contributed by atoms with Gasteiger partial charge in [0.1, 0.15) is 12.4 Å². The van der Waals surface area contributed by atoms with Gasteiger partial charge in [-0.2, -0.15) is 0 Å². The minimum Gasteiger partial charge on any atom is -0.481 e. The van der Waals surface area contributed by atoms with E-state index in [0.717, 1.165) is 6.92 Å². The Morgan fingerprint density at radius 2 is 2.00 bits per heavy atom. The van der Waals surface area contributed by atoms with Crippen LogP contribution in [0.15, 0.2) is 16.5 Å². The second-order valence-corrected chi connectivity index (χ2v) is 3.05. The number of aliphatic carboxylic acids is 1. The van der Waals surface area contributed by atoms with Crippen molar-refractivity contribution in [2.75, 3.05) is 13.2 Å². The number of carboxylic acid groups (broad SMARTS) is 1. The van der Waals surface area contributed by atoms with Crippen molar-refractivity contribution < 1.29 is 28.9 Å². The van der Waals surface area contributed by atoms with E-state index < -0.39 is 5.97 Å². The standard InChI is InChI=1S/C8H10O4.C2H4O2/c9-5-6-1-2-7(12-6)8-10-3-4-11-8;1-2(3)4/h1-2,8-9H,3-5H2;1H3,(H,3,4). The van der Waals surface area contributed by atoms with Crippen LogP contribution >= 0.6 is 0 Å². The molecular formula is C10H14O6. The normalized spacial score (nSPS) is 15.6. The van der Waals surface area contributed by atoms with Gasteiger partial charge < -0.3 is 24.1 Å². The quantitative estimate of drug-likeness (QED) is 0.784. The molecule has 0 atom stereocenters. The third-order valence-corrected chi connectivity index (χ3v) is 1.69. The van der Waals surface area contributed by atoms with Gasteiger partial charge in [-0.05, 0) is 12.1 Å². The van der Waals surface area contributed by atoms with Crippen molar-refractivity contribution in [1.29, 1.82) is 0 Å². The summed E-state index contributed by atoms with van der Waals surface area (Å²) in [4.78, 5) is 9.00. The van der Waals surface area contributed by atoms with Gasteiger partial charge in [0.15, 0.2) is 5.76 Å². The first-order valence-electron chi connectivity index (χ1n) is 4.75. The minimum absolute atomic E-state index is 0.0906. The Morgan fingerprint density at radius 1 is 1.44 bits per heavy atom. The van der Waals surface area contributed by atoms with Crippen LogP contribution in [-0.2, 0) is 20.9 Å². The highest BCUT2D eigenvalue weighted by atomic mass is 16.7. The molecule has 1 aromatic rings. The molecule has 0 aliphatic carbocycles. The molecule has 2 N–H and O–H groups in total. The highest BCUT2D eigenvalue weighted by molar-refractivity contribution is 5.62. The summed E-state index contributed by atoms with van der Waals surface area (Å²) in [5.41, 5.74) is 0. The van der Waals surface area contributed by atoms with Crippen LogP contribution in [0.5, 0.6) is 0 Å². The molecule has 0 amide bonds. The molecule has 1 aromatic heterocycles. The fourth-order valence-corrected chi connectivity index (χ4v) is 1.13. The summed E-state index contributed by atoms with van der Waals surface area (Å²) in [5, 5.41) is 16.1. The van der Waals surface area contributed by atoms with Crippen LogP contribution in [0, 0.1) is 0 Å². The van der Waals surface area contributed by atoms with Crippen LogP contribution in [0.2, 0.25) is 0 Å². The molecule has 0 spiro atoms. The molecule has 6 nitrogen and oxygen atoms in total. The second kappa shape index (κ2) is 6.26. The highest BCUT2D eigenvalue weighted by Gasteiger charge is 2.21. The first-order valence-corrected chi connectivity index (χ1v) is 4.75. The molecule has 1 aliphatic heterocycles. The number of hydrogen-bond acceptors (Lipinski definition) is 5. The van der Waals surface area contributed by atoms with Crippen LogP contribution in [0.3, 0.4) is 0 Å². The summed E-state index contributed by atoms with van der Waals surface area (Å²) in [7, 11) is 0. The Morgan fingerprint density at radius 3 is 2.44 bits per heavy atom. The van der Waals surface area contributed by atoms with Crippen LogP contribution in [0.25, 0.3) is 0 Å². The number of hydrogen-bond donors (Lipinski definition) is 2. The van der Waals surface area contributed by atoms with Gasteiger partial charge in [-0.15, -0.1) is 0 Å². The van der Waals surface area contributed by atoms with E-state index in [9.17, 15) is 0 Å². The van der Waals surface area contributed by atoms with Crippen molar-refractivity contribution in [1.82, 2.24) is 0 Å². The maximum absolute atomic E-state index is 9.00. The molecule has 1 aliphatic rings. The zero-order valence-corrected chi connectivity index (χ0v) is 8.88. The van der Waals surface area contributed by atoms with Gasteiger partial charge in [-0.25, -0.2) is 0 Å². The van der Waals surface area contributed by atoms with Crippen molar-refractivity contribution in [3.8, 4) is 0 Å². The summed E-state index contributed by atoms with van der Waals surface area (Å²) < 4.78 is 15.6. The molecule has 1 fully saturated rings. The molecule has 0 saturated carbocycles. The topological polar surface area (TPSA) is 89.1 Å². The van der Waals surface area contributed by atoms with E-state index in [-0.39, 0.29) is 12.9 Å². The molecule has 90 valence electrons. The molecule has 1 saturated heterocycles. The van der Waals surface area contributed by atoms with Crippen LogP contribution in [0.4, 0.5) is 0 Å². The predicted molar refractivity (Wildman–Crippen MR) is 52.6 cm³/mol. The molecule has 0 unspecified atom stereocenters. The van der Waals surface area contributed by atoms with Gasteiger partial charge in [-0.3, -0.25) is 4.79 Å². The largest absolute Gasteiger partial charge is 0.481 e. The number of ether oxygens (including phenoxy) is 2. The van der Waals surface area contributed by atoms with E-state index in [1.54, 1.807) is 12.1 Å². The highest BCUT2D eigenvalue weighted by Crippen LogP contribution is 2.24. The summed E-state index contributed by atoms with van der Waals surface area (Å²) in [6.45, 7) is 2.19. The van der Waals surface area contributed by atoms with Crippen molar-refractivity contribution >= 4 is 5.97 Å². The average molecular weight is 230 g/mol. The fourth-order valence-electron chi connectivity index (χ4n) is 1.13. The summed E-state index contributed by atoms with van der Waals surface area (Å²) in [6.07, 6.45) is -0.384. The molecular weight excluding hydrogens is 216 g/mol. The monoisotopic (exact) mass is 230 g/mol. The van der Waals surface area contributed by atoms with Crippen molar-refractivity contribution in [2.24, 2.45) is 0 Å². The SMILES string of the molecule is CC(=O)O.OCc1ccc(C2OCCO2)o1. The van der Waals surface area contributed by atoms with Crippen molar-refractivity contribution in [2.45, 2.75) is 19.8 Å². The molecule has 0 aromatic carbocycles. The third-order valence-electron chi connectivity index (χ3n) is 1.69. The Hall–Kier alpha value is -1.37. The van der Waals surface area contributed by atoms with E-state index >= 15 is 0 Å². The zero-order chi connectivity index (χ0) is 12.0.